The molecule has 0 spiro atoms. The summed E-state index contributed by atoms with van der Waals surface area (Å²) in [6.45, 7) is 0. The number of fused-ring (bicyclic) bond motifs is 1. The zero-order valence-corrected chi connectivity index (χ0v) is 12.2. The highest BCUT2D eigenvalue weighted by Gasteiger charge is 2.43. The number of carboxylic acid groups (broad SMARTS) is 1. The minimum Gasteiger partial charge on any atom is -0.479 e. The fraction of sp³-hybridized carbons (Fsp3) is 0.286. The van der Waals surface area contributed by atoms with E-state index in [2.05, 4.69) is 5.32 Å². The molecule has 1 amide bonds. The van der Waals surface area contributed by atoms with Crippen LogP contribution in [0.4, 0.5) is 0 Å². The third-order valence-corrected chi connectivity index (χ3v) is 5.74. The Kier molecular flexibility index (Phi) is 3.43. The van der Waals surface area contributed by atoms with Gasteiger partial charge in [0.2, 0.25) is 0 Å². The molecular weight excluding hydrogens is 294 g/mol. The summed E-state index contributed by atoms with van der Waals surface area (Å²) in [5.41, 5.74) is -1.11. The van der Waals surface area contributed by atoms with Crippen molar-refractivity contribution in [1.29, 1.82) is 0 Å². The summed E-state index contributed by atoms with van der Waals surface area (Å²) in [6.07, 6.45) is 0.476. The van der Waals surface area contributed by atoms with E-state index in [1.807, 2.05) is 30.3 Å². The summed E-state index contributed by atoms with van der Waals surface area (Å²) < 4.78 is 1.03. The normalized spacial score (nSPS) is 22.0. The lowest BCUT2D eigenvalue weighted by Gasteiger charge is -2.24. The van der Waals surface area contributed by atoms with Gasteiger partial charge < -0.3 is 10.4 Å². The second-order valence-corrected chi connectivity index (χ2v) is 6.98. The molecule has 0 bridgehead atoms. The summed E-state index contributed by atoms with van der Waals surface area (Å²) in [6, 6.07) is 9.55. The van der Waals surface area contributed by atoms with Crippen LogP contribution >= 0.6 is 23.1 Å². The Morgan fingerprint density at radius 2 is 2.10 bits per heavy atom. The SMILES string of the molecule is O=C(NC1(C(=O)O)CCSC1)c1cc2ccccc2s1. The van der Waals surface area contributed by atoms with E-state index in [1.54, 1.807) is 11.8 Å². The van der Waals surface area contributed by atoms with E-state index >= 15 is 0 Å². The molecule has 104 valence electrons. The number of amides is 1. The number of benzene rings is 1. The van der Waals surface area contributed by atoms with Crippen molar-refractivity contribution in [2.24, 2.45) is 0 Å². The predicted octanol–water partition coefficient (Wildman–Crippen LogP) is 2.59. The maximum Gasteiger partial charge on any atom is 0.330 e. The third kappa shape index (κ3) is 2.29. The standard InChI is InChI=1S/C14H13NO3S2/c16-12(15-14(13(17)18)5-6-19-8-14)11-7-9-3-1-2-4-10(9)20-11/h1-4,7H,5-6,8H2,(H,15,16)(H,17,18). The van der Waals surface area contributed by atoms with Crippen molar-refractivity contribution >= 4 is 45.1 Å². The number of thiophene rings is 1. The van der Waals surface area contributed by atoms with E-state index in [0.717, 1.165) is 15.8 Å². The molecule has 1 aliphatic heterocycles. The van der Waals surface area contributed by atoms with Crippen molar-refractivity contribution in [3.05, 3.63) is 35.2 Å². The van der Waals surface area contributed by atoms with Crippen LogP contribution in [0.1, 0.15) is 16.1 Å². The van der Waals surface area contributed by atoms with Crippen molar-refractivity contribution in [1.82, 2.24) is 5.32 Å². The summed E-state index contributed by atoms with van der Waals surface area (Å²) in [7, 11) is 0. The van der Waals surface area contributed by atoms with Crippen LogP contribution in [0.15, 0.2) is 30.3 Å². The highest BCUT2D eigenvalue weighted by molar-refractivity contribution is 7.99. The zero-order valence-electron chi connectivity index (χ0n) is 10.6. The zero-order chi connectivity index (χ0) is 14.2. The molecular formula is C14H13NO3S2. The van der Waals surface area contributed by atoms with Gasteiger partial charge in [-0.05, 0) is 29.7 Å². The minimum atomic E-state index is -1.11. The van der Waals surface area contributed by atoms with Crippen molar-refractivity contribution in [3.8, 4) is 0 Å². The summed E-state index contributed by atoms with van der Waals surface area (Å²) in [5, 5.41) is 13.1. The van der Waals surface area contributed by atoms with Gasteiger partial charge in [0.1, 0.15) is 5.54 Å². The van der Waals surface area contributed by atoms with Gasteiger partial charge in [-0.2, -0.15) is 11.8 Å². The number of hydrogen-bond donors (Lipinski definition) is 2. The van der Waals surface area contributed by atoms with Gasteiger partial charge in [-0.25, -0.2) is 4.79 Å². The molecule has 1 aliphatic rings. The maximum absolute atomic E-state index is 12.3. The lowest BCUT2D eigenvalue weighted by molar-refractivity contribution is -0.143. The first-order valence-corrected chi connectivity index (χ1v) is 8.20. The molecule has 1 aromatic heterocycles. The topological polar surface area (TPSA) is 66.4 Å². The van der Waals surface area contributed by atoms with E-state index in [4.69, 9.17) is 0 Å². The van der Waals surface area contributed by atoms with Crippen molar-refractivity contribution in [2.45, 2.75) is 12.0 Å². The average Bonchev–Trinajstić information content (AvgIpc) is 3.05. The number of nitrogens with one attached hydrogen (secondary N) is 1. The number of carboxylic acids is 1. The Morgan fingerprint density at radius 1 is 1.30 bits per heavy atom. The Hall–Kier alpha value is -1.53. The number of carbonyl (C=O) groups is 2. The Balaban J connectivity index is 1.87. The predicted molar refractivity (Wildman–Crippen MR) is 81.6 cm³/mol. The van der Waals surface area contributed by atoms with E-state index in [0.29, 0.717) is 17.1 Å². The molecule has 2 N–H and O–H groups in total. The highest BCUT2D eigenvalue weighted by Crippen LogP contribution is 2.30. The number of carbonyl (C=O) groups excluding carboxylic acids is 1. The lowest BCUT2D eigenvalue weighted by atomic mass is 9.99. The molecule has 0 radical (unpaired) electrons. The van der Waals surface area contributed by atoms with Gasteiger partial charge in [0, 0.05) is 10.5 Å². The van der Waals surface area contributed by atoms with Crippen LogP contribution in [-0.2, 0) is 4.79 Å². The third-order valence-electron chi connectivity index (χ3n) is 3.43. The smallest absolute Gasteiger partial charge is 0.330 e. The molecule has 3 rings (SSSR count). The molecule has 2 aromatic rings. The van der Waals surface area contributed by atoms with Gasteiger partial charge in [0.05, 0.1) is 4.88 Å². The number of aliphatic carboxylic acids is 1. The second-order valence-electron chi connectivity index (χ2n) is 4.79. The Morgan fingerprint density at radius 3 is 2.75 bits per heavy atom. The minimum absolute atomic E-state index is 0.295. The van der Waals surface area contributed by atoms with Gasteiger partial charge in [-0.1, -0.05) is 18.2 Å². The van der Waals surface area contributed by atoms with Crippen LogP contribution in [0.25, 0.3) is 10.1 Å². The molecule has 1 saturated heterocycles. The fourth-order valence-electron chi connectivity index (χ4n) is 2.26. The molecule has 4 nitrogen and oxygen atoms in total. The van der Waals surface area contributed by atoms with Crippen LogP contribution in [0, 0.1) is 0 Å². The Labute approximate surface area is 124 Å². The van der Waals surface area contributed by atoms with Crippen molar-refractivity contribution in [3.63, 3.8) is 0 Å². The average molecular weight is 307 g/mol. The van der Waals surface area contributed by atoms with E-state index in [-0.39, 0.29) is 5.91 Å². The quantitative estimate of drug-likeness (QED) is 0.914. The van der Waals surface area contributed by atoms with E-state index in [9.17, 15) is 14.7 Å². The van der Waals surface area contributed by atoms with Crippen LogP contribution in [0.5, 0.6) is 0 Å². The fourth-order valence-corrected chi connectivity index (χ4v) is 4.54. The van der Waals surface area contributed by atoms with Gasteiger partial charge in [0.25, 0.3) is 5.91 Å². The van der Waals surface area contributed by atoms with Crippen molar-refractivity contribution < 1.29 is 14.7 Å². The van der Waals surface area contributed by atoms with Gasteiger partial charge in [0.15, 0.2) is 0 Å². The van der Waals surface area contributed by atoms with Gasteiger partial charge >= 0.3 is 5.97 Å². The molecule has 0 saturated carbocycles. The Bertz CT molecular complexity index is 641. The molecule has 2 heterocycles. The van der Waals surface area contributed by atoms with Crippen LogP contribution in [0.3, 0.4) is 0 Å². The first-order chi connectivity index (χ1) is 9.61. The lowest BCUT2D eigenvalue weighted by Crippen LogP contribution is -2.54. The van der Waals surface area contributed by atoms with E-state index < -0.39 is 11.5 Å². The molecule has 1 unspecified atom stereocenters. The monoisotopic (exact) mass is 307 g/mol. The van der Waals surface area contributed by atoms with Crippen LogP contribution in [-0.4, -0.2) is 34.0 Å². The van der Waals surface area contributed by atoms with E-state index in [1.165, 1.54) is 11.3 Å². The summed E-state index contributed by atoms with van der Waals surface area (Å²) in [5.74, 6) is -0.0501. The van der Waals surface area contributed by atoms with Crippen molar-refractivity contribution in [2.75, 3.05) is 11.5 Å². The maximum atomic E-state index is 12.3. The summed E-state index contributed by atoms with van der Waals surface area (Å²) >= 11 is 2.95. The number of rotatable bonds is 3. The highest BCUT2D eigenvalue weighted by atomic mass is 32.2. The second kappa shape index (κ2) is 5.10. The molecule has 1 atom stereocenters. The number of thioether (sulfide) groups is 1. The largest absolute Gasteiger partial charge is 0.479 e. The van der Waals surface area contributed by atoms with Crippen LogP contribution in [0.2, 0.25) is 0 Å². The molecule has 1 fully saturated rings. The van der Waals surface area contributed by atoms with Gasteiger partial charge in [-0.15, -0.1) is 11.3 Å². The summed E-state index contributed by atoms with van der Waals surface area (Å²) in [4.78, 5) is 24.3. The number of hydrogen-bond acceptors (Lipinski definition) is 4. The van der Waals surface area contributed by atoms with Gasteiger partial charge in [-0.3, -0.25) is 4.79 Å². The first-order valence-electron chi connectivity index (χ1n) is 6.23. The molecule has 20 heavy (non-hydrogen) atoms. The molecule has 6 heteroatoms. The molecule has 1 aromatic carbocycles. The molecule has 0 aliphatic carbocycles. The first kappa shape index (κ1) is 13.5. The van der Waals surface area contributed by atoms with Crippen LogP contribution < -0.4 is 5.32 Å².